The SMILES string of the molecule is CCCCCCCCCC[N+](C)(C)CCCCCCCCCC.[H-].[K+].c1ccccc1.c1ccnnc1. The van der Waals surface area contributed by atoms with Crippen molar-refractivity contribution in [1.82, 2.24) is 10.2 Å². The summed E-state index contributed by atoms with van der Waals surface area (Å²) in [5, 5.41) is 7.07. The molecule has 202 valence electrons. The Morgan fingerprint density at radius 3 is 0.972 bits per heavy atom. The molecule has 0 aliphatic carbocycles. The van der Waals surface area contributed by atoms with Crippen molar-refractivity contribution < 1.29 is 57.3 Å². The number of quaternary nitrogens is 1. The molecule has 2 aromatic rings. The molecular formula is C32H59KN3+. The molecule has 0 saturated heterocycles. The Labute approximate surface area is 269 Å². The minimum Gasteiger partial charge on any atom is -1.00 e. The fourth-order valence-electron chi connectivity index (χ4n) is 4.10. The summed E-state index contributed by atoms with van der Waals surface area (Å²) in [6, 6.07) is 15.7. The van der Waals surface area contributed by atoms with E-state index in [0.29, 0.717) is 0 Å². The van der Waals surface area contributed by atoms with Gasteiger partial charge in [0.05, 0.1) is 27.2 Å². The number of hydrogen-bond acceptors (Lipinski definition) is 2. The molecule has 0 bridgehead atoms. The van der Waals surface area contributed by atoms with Crippen LogP contribution in [0.15, 0.2) is 60.9 Å². The fourth-order valence-corrected chi connectivity index (χ4v) is 4.10. The van der Waals surface area contributed by atoms with Gasteiger partial charge in [0, 0.05) is 12.4 Å². The van der Waals surface area contributed by atoms with Crippen LogP contribution in [0.1, 0.15) is 118 Å². The summed E-state index contributed by atoms with van der Waals surface area (Å²) < 4.78 is 1.24. The van der Waals surface area contributed by atoms with Gasteiger partial charge in [0.2, 0.25) is 0 Å². The maximum absolute atomic E-state index is 3.53. The van der Waals surface area contributed by atoms with Crippen LogP contribution in [0, 0.1) is 0 Å². The Hall–Kier alpha value is -0.104. The third kappa shape index (κ3) is 31.9. The van der Waals surface area contributed by atoms with Crippen molar-refractivity contribution in [3.63, 3.8) is 0 Å². The van der Waals surface area contributed by atoms with E-state index >= 15 is 0 Å². The normalized spacial score (nSPS) is 10.3. The molecule has 0 aliphatic rings. The first-order chi connectivity index (χ1) is 17.1. The van der Waals surface area contributed by atoms with Crippen LogP contribution in [-0.2, 0) is 0 Å². The average molecular weight is 525 g/mol. The Morgan fingerprint density at radius 1 is 0.444 bits per heavy atom. The summed E-state index contributed by atoms with van der Waals surface area (Å²) in [5.74, 6) is 0. The molecule has 0 N–H and O–H groups in total. The minimum absolute atomic E-state index is 0. The maximum atomic E-state index is 3.53. The first kappa shape index (κ1) is 38.0. The van der Waals surface area contributed by atoms with Gasteiger partial charge in [0.1, 0.15) is 0 Å². The Bertz CT molecular complexity index is 507. The zero-order valence-electron chi connectivity index (χ0n) is 25.8. The van der Waals surface area contributed by atoms with Crippen LogP contribution < -0.4 is 51.4 Å². The molecule has 4 heteroatoms. The molecule has 0 unspecified atom stereocenters. The minimum atomic E-state index is 0. The largest absolute Gasteiger partial charge is 1.00 e. The van der Waals surface area contributed by atoms with Crippen molar-refractivity contribution in [2.24, 2.45) is 0 Å². The number of benzene rings is 1. The van der Waals surface area contributed by atoms with E-state index in [1.54, 1.807) is 12.4 Å². The van der Waals surface area contributed by atoms with Gasteiger partial charge in [0.15, 0.2) is 0 Å². The van der Waals surface area contributed by atoms with E-state index in [2.05, 4.69) is 38.1 Å². The molecule has 1 aromatic heterocycles. The van der Waals surface area contributed by atoms with Gasteiger partial charge in [-0.1, -0.05) is 127 Å². The number of nitrogens with zero attached hydrogens (tertiary/aromatic N) is 3. The van der Waals surface area contributed by atoms with Crippen LogP contribution in [0.5, 0.6) is 0 Å². The predicted molar refractivity (Wildman–Crippen MR) is 157 cm³/mol. The number of hydrogen-bond donors (Lipinski definition) is 0. The second-order valence-electron chi connectivity index (χ2n) is 10.4. The summed E-state index contributed by atoms with van der Waals surface area (Å²) in [5.41, 5.74) is 0. The average Bonchev–Trinajstić information content (AvgIpc) is 2.90. The quantitative estimate of drug-likeness (QED) is 0.124. The smallest absolute Gasteiger partial charge is 1.00 e. The van der Waals surface area contributed by atoms with Gasteiger partial charge < -0.3 is 5.91 Å². The summed E-state index contributed by atoms with van der Waals surface area (Å²) in [7, 11) is 4.87. The summed E-state index contributed by atoms with van der Waals surface area (Å²) in [4.78, 5) is 0. The maximum Gasteiger partial charge on any atom is 1.00 e. The van der Waals surface area contributed by atoms with E-state index < -0.39 is 0 Å². The van der Waals surface area contributed by atoms with Gasteiger partial charge in [-0.05, 0) is 37.8 Å². The van der Waals surface area contributed by atoms with E-state index in [1.165, 1.54) is 120 Å². The third-order valence-electron chi connectivity index (χ3n) is 6.38. The van der Waals surface area contributed by atoms with Gasteiger partial charge in [-0.15, -0.1) is 0 Å². The van der Waals surface area contributed by atoms with Gasteiger partial charge in [0.25, 0.3) is 0 Å². The molecule has 0 spiro atoms. The molecule has 0 radical (unpaired) electrons. The Balaban J connectivity index is -0.000000666. The van der Waals surface area contributed by atoms with E-state index in [9.17, 15) is 0 Å². The van der Waals surface area contributed by atoms with Gasteiger partial charge >= 0.3 is 51.4 Å². The van der Waals surface area contributed by atoms with Crippen molar-refractivity contribution >= 4 is 0 Å². The van der Waals surface area contributed by atoms with Crippen molar-refractivity contribution in [3.8, 4) is 0 Å². The van der Waals surface area contributed by atoms with Crippen molar-refractivity contribution in [2.75, 3.05) is 27.2 Å². The van der Waals surface area contributed by atoms with Crippen LogP contribution in [0.4, 0.5) is 0 Å². The van der Waals surface area contributed by atoms with Crippen molar-refractivity contribution in [3.05, 3.63) is 60.9 Å². The van der Waals surface area contributed by atoms with Gasteiger partial charge in [-0.2, -0.15) is 10.2 Å². The number of rotatable bonds is 18. The molecule has 0 aliphatic heterocycles. The first-order valence-electron chi connectivity index (χ1n) is 14.7. The zero-order valence-corrected chi connectivity index (χ0v) is 28.0. The standard InChI is InChI=1S/C22H48N.C6H6.C4H4N2.K.H/c1-5-7-9-11-13-15-17-19-21-23(3,4)22-20-18-16-14-12-10-8-6-2;2*1-2-4-6-5-3-1;;/h5-22H2,1-4H3;1-6H;1-4H;;/q+1;;;+1;-1. The molecule has 0 amide bonds. The molecule has 3 nitrogen and oxygen atoms in total. The topological polar surface area (TPSA) is 25.8 Å². The van der Waals surface area contributed by atoms with Gasteiger partial charge in [-0.25, -0.2) is 0 Å². The van der Waals surface area contributed by atoms with Crippen LogP contribution in [-0.4, -0.2) is 41.9 Å². The molecule has 0 atom stereocenters. The second-order valence-corrected chi connectivity index (χ2v) is 10.4. The molecule has 0 fully saturated rings. The molecule has 0 saturated carbocycles. The Morgan fingerprint density at radius 2 is 0.722 bits per heavy atom. The molecule has 1 heterocycles. The van der Waals surface area contributed by atoms with E-state index in [0.717, 1.165) is 0 Å². The zero-order chi connectivity index (χ0) is 25.7. The molecular weight excluding hydrogens is 465 g/mol. The van der Waals surface area contributed by atoms with Crippen LogP contribution in [0.25, 0.3) is 0 Å². The van der Waals surface area contributed by atoms with Crippen molar-refractivity contribution in [2.45, 2.75) is 117 Å². The second kappa shape index (κ2) is 31.1. The third-order valence-corrected chi connectivity index (χ3v) is 6.38. The first-order valence-corrected chi connectivity index (χ1v) is 14.7. The van der Waals surface area contributed by atoms with E-state index in [1.807, 2.05) is 48.5 Å². The summed E-state index contributed by atoms with van der Waals surface area (Å²) >= 11 is 0. The number of aromatic nitrogens is 2. The molecule has 2 rings (SSSR count). The van der Waals surface area contributed by atoms with Crippen LogP contribution in [0.3, 0.4) is 0 Å². The van der Waals surface area contributed by atoms with Crippen LogP contribution >= 0.6 is 0 Å². The summed E-state index contributed by atoms with van der Waals surface area (Å²) in [6.45, 7) is 7.36. The molecule has 36 heavy (non-hydrogen) atoms. The molecule has 1 aromatic carbocycles. The van der Waals surface area contributed by atoms with E-state index in [-0.39, 0.29) is 52.8 Å². The van der Waals surface area contributed by atoms with Gasteiger partial charge in [-0.3, -0.25) is 0 Å². The predicted octanol–water partition coefficient (Wildman–Crippen LogP) is 6.62. The van der Waals surface area contributed by atoms with E-state index in [4.69, 9.17) is 0 Å². The monoisotopic (exact) mass is 524 g/mol. The van der Waals surface area contributed by atoms with Crippen molar-refractivity contribution in [1.29, 1.82) is 0 Å². The summed E-state index contributed by atoms with van der Waals surface area (Å²) in [6.07, 6.45) is 26.3. The van der Waals surface area contributed by atoms with Crippen LogP contribution in [0.2, 0.25) is 0 Å². The Kier molecular flexibility index (Phi) is 32.9. The number of unbranched alkanes of at least 4 members (excludes halogenated alkanes) is 14. The fraction of sp³-hybridized carbons (Fsp3) is 0.688.